The minimum atomic E-state index is -4.38. The summed E-state index contributed by atoms with van der Waals surface area (Å²) in [6.45, 7) is 7.18. The number of carbonyl (C=O) groups excluding carboxylic acids is 1. The summed E-state index contributed by atoms with van der Waals surface area (Å²) >= 11 is 0. The predicted molar refractivity (Wildman–Crippen MR) is 91.1 cm³/mol. The van der Waals surface area contributed by atoms with Crippen LogP contribution < -0.4 is 5.32 Å². The van der Waals surface area contributed by atoms with E-state index in [2.05, 4.69) is 16.8 Å². The standard InChI is InChI=1S/C18H24F3N3O/c1-3-8-24-9-7-15(13-24)11-22-17(25)23(2)12-14-5-4-6-16(10-14)18(19,20)21/h3-6,10,15H,1,7-9,11-13H2,2H3,(H,22,25). The summed E-state index contributed by atoms with van der Waals surface area (Å²) < 4.78 is 38.2. The summed E-state index contributed by atoms with van der Waals surface area (Å²) in [5.41, 5.74) is -0.252. The normalized spacial score (nSPS) is 18.2. The molecule has 138 valence electrons. The van der Waals surface area contributed by atoms with Crippen LogP contribution in [0.1, 0.15) is 17.5 Å². The Hall–Kier alpha value is -2.02. The first-order valence-electron chi connectivity index (χ1n) is 8.28. The van der Waals surface area contributed by atoms with E-state index in [9.17, 15) is 18.0 Å². The van der Waals surface area contributed by atoms with Gasteiger partial charge in [0.2, 0.25) is 0 Å². The number of halogens is 3. The number of rotatable bonds is 6. The minimum absolute atomic E-state index is 0.128. The molecule has 1 atom stereocenters. The molecule has 1 N–H and O–H groups in total. The van der Waals surface area contributed by atoms with Gasteiger partial charge in [-0.15, -0.1) is 6.58 Å². The molecule has 1 fully saturated rings. The van der Waals surface area contributed by atoms with E-state index in [0.29, 0.717) is 18.0 Å². The van der Waals surface area contributed by atoms with Gasteiger partial charge in [-0.25, -0.2) is 4.79 Å². The number of nitrogens with one attached hydrogen (secondary N) is 1. The van der Waals surface area contributed by atoms with Crippen molar-refractivity contribution < 1.29 is 18.0 Å². The van der Waals surface area contributed by atoms with E-state index in [1.165, 1.54) is 11.0 Å². The fraction of sp³-hybridized carbons (Fsp3) is 0.500. The van der Waals surface area contributed by atoms with Crippen LogP contribution in [0.4, 0.5) is 18.0 Å². The average Bonchev–Trinajstić information content (AvgIpc) is 3.00. The number of nitrogens with zero attached hydrogens (tertiary/aromatic N) is 2. The number of carbonyl (C=O) groups is 1. The average molecular weight is 355 g/mol. The highest BCUT2D eigenvalue weighted by Crippen LogP contribution is 2.29. The Kier molecular flexibility index (Phi) is 6.47. The molecule has 0 aliphatic carbocycles. The molecule has 0 radical (unpaired) electrons. The van der Waals surface area contributed by atoms with Crippen LogP contribution in [0.5, 0.6) is 0 Å². The van der Waals surface area contributed by atoms with Gasteiger partial charge in [0.1, 0.15) is 0 Å². The molecule has 0 aromatic heterocycles. The Balaban J connectivity index is 1.82. The molecule has 2 rings (SSSR count). The van der Waals surface area contributed by atoms with Crippen molar-refractivity contribution in [1.29, 1.82) is 0 Å². The lowest BCUT2D eigenvalue weighted by Crippen LogP contribution is -2.39. The van der Waals surface area contributed by atoms with Gasteiger partial charge in [-0.3, -0.25) is 4.90 Å². The van der Waals surface area contributed by atoms with Crippen molar-refractivity contribution in [2.24, 2.45) is 5.92 Å². The van der Waals surface area contributed by atoms with Crippen LogP contribution in [0.3, 0.4) is 0 Å². The van der Waals surface area contributed by atoms with Crippen LogP contribution >= 0.6 is 0 Å². The molecule has 2 amide bonds. The maximum Gasteiger partial charge on any atom is 0.416 e. The third-order valence-electron chi connectivity index (χ3n) is 4.32. The lowest BCUT2D eigenvalue weighted by atomic mass is 10.1. The molecule has 25 heavy (non-hydrogen) atoms. The third kappa shape index (κ3) is 5.77. The van der Waals surface area contributed by atoms with Crippen LogP contribution in [0.2, 0.25) is 0 Å². The Labute approximate surface area is 146 Å². The summed E-state index contributed by atoms with van der Waals surface area (Å²) in [5, 5.41) is 2.86. The Bertz CT molecular complexity index is 603. The molecule has 1 heterocycles. The molecule has 1 unspecified atom stereocenters. The highest BCUT2D eigenvalue weighted by molar-refractivity contribution is 5.73. The van der Waals surface area contributed by atoms with E-state index in [1.54, 1.807) is 13.1 Å². The van der Waals surface area contributed by atoms with Crippen molar-refractivity contribution >= 4 is 6.03 Å². The Morgan fingerprint density at radius 2 is 2.24 bits per heavy atom. The highest BCUT2D eigenvalue weighted by Gasteiger charge is 2.30. The van der Waals surface area contributed by atoms with Crippen molar-refractivity contribution in [1.82, 2.24) is 15.1 Å². The molecule has 0 saturated carbocycles. The quantitative estimate of drug-likeness (QED) is 0.795. The van der Waals surface area contributed by atoms with Gasteiger partial charge in [0.25, 0.3) is 0 Å². The number of alkyl halides is 3. The van der Waals surface area contributed by atoms with E-state index in [-0.39, 0.29) is 12.6 Å². The molecule has 1 saturated heterocycles. The molecule has 4 nitrogen and oxygen atoms in total. The van der Waals surface area contributed by atoms with Crippen LogP contribution in [0.15, 0.2) is 36.9 Å². The Morgan fingerprint density at radius 3 is 2.92 bits per heavy atom. The molecule has 1 aromatic rings. The summed E-state index contributed by atoms with van der Waals surface area (Å²) in [5.74, 6) is 0.394. The molecule has 1 aromatic carbocycles. The van der Waals surface area contributed by atoms with Crippen molar-refractivity contribution in [3.8, 4) is 0 Å². The summed E-state index contributed by atoms with van der Waals surface area (Å²) in [4.78, 5) is 15.8. The van der Waals surface area contributed by atoms with E-state index >= 15 is 0 Å². The zero-order chi connectivity index (χ0) is 18.4. The second-order valence-electron chi connectivity index (χ2n) is 6.44. The molecule has 0 bridgehead atoms. The zero-order valence-electron chi connectivity index (χ0n) is 14.4. The number of amides is 2. The number of urea groups is 1. The number of hydrogen-bond acceptors (Lipinski definition) is 2. The highest BCUT2D eigenvalue weighted by atomic mass is 19.4. The second-order valence-corrected chi connectivity index (χ2v) is 6.44. The van der Waals surface area contributed by atoms with E-state index in [4.69, 9.17) is 0 Å². The van der Waals surface area contributed by atoms with Crippen LogP contribution in [-0.4, -0.2) is 49.1 Å². The van der Waals surface area contributed by atoms with Gasteiger partial charge in [-0.2, -0.15) is 13.2 Å². The molecule has 1 aliphatic rings. The number of likely N-dealkylation sites (tertiary alicyclic amines) is 1. The van der Waals surface area contributed by atoms with E-state index < -0.39 is 11.7 Å². The monoisotopic (exact) mass is 355 g/mol. The van der Waals surface area contributed by atoms with Crippen LogP contribution in [0.25, 0.3) is 0 Å². The second kappa shape index (κ2) is 8.38. The lowest BCUT2D eigenvalue weighted by molar-refractivity contribution is -0.137. The summed E-state index contributed by atoms with van der Waals surface area (Å²) in [6, 6.07) is 4.77. The topological polar surface area (TPSA) is 35.6 Å². The molecule has 1 aliphatic heterocycles. The van der Waals surface area contributed by atoms with Crippen molar-refractivity contribution in [2.45, 2.75) is 19.1 Å². The number of hydrogen-bond donors (Lipinski definition) is 1. The number of benzene rings is 1. The van der Waals surface area contributed by atoms with Crippen LogP contribution in [0, 0.1) is 5.92 Å². The molecular formula is C18H24F3N3O. The minimum Gasteiger partial charge on any atom is -0.338 e. The maximum atomic E-state index is 12.7. The first-order chi connectivity index (χ1) is 11.8. The summed E-state index contributed by atoms with van der Waals surface area (Å²) in [7, 11) is 1.58. The SMILES string of the molecule is C=CCN1CCC(CNC(=O)N(C)Cc2cccc(C(F)(F)F)c2)C1. The smallest absolute Gasteiger partial charge is 0.338 e. The van der Waals surface area contributed by atoms with Crippen LogP contribution in [-0.2, 0) is 12.7 Å². The first kappa shape index (κ1) is 19.3. The van der Waals surface area contributed by atoms with Gasteiger partial charge >= 0.3 is 12.2 Å². The van der Waals surface area contributed by atoms with Crippen molar-refractivity contribution in [3.63, 3.8) is 0 Å². The third-order valence-corrected chi connectivity index (χ3v) is 4.32. The van der Waals surface area contributed by atoms with Crippen molar-refractivity contribution in [2.75, 3.05) is 33.2 Å². The van der Waals surface area contributed by atoms with E-state index in [1.807, 2.05) is 6.08 Å². The summed E-state index contributed by atoms with van der Waals surface area (Å²) in [6.07, 6.45) is -1.49. The van der Waals surface area contributed by atoms with Gasteiger partial charge in [-0.1, -0.05) is 18.2 Å². The van der Waals surface area contributed by atoms with Gasteiger partial charge < -0.3 is 10.2 Å². The lowest BCUT2D eigenvalue weighted by Gasteiger charge is -2.20. The van der Waals surface area contributed by atoms with Gasteiger partial charge in [0.05, 0.1) is 5.56 Å². The van der Waals surface area contributed by atoms with E-state index in [0.717, 1.165) is 38.2 Å². The van der Waals surface area contributed by atoms with Gasteiger partial charge in [0.15, 0.2) is 0 Å². The first-order valence-corrected chi connectivity index (χ1v) is 8.28. The largest absolute Gasteiger partial charge is 0.416 e. The van der Waals surface area contributed by atoms with Gasteiger partial charge in [-0.05, 0) is 36.6 Å². The molecular weight excluding hydrogens is 331 g/mol. The molecule has 0 spiro atoms. The molecule has 7 heteroatoms. The predicted octanol–water partition coefficient (Wildman–Crippen LogP) is 3.35. The maximum absolute atomic E-state index is 12.7. The Morgan fingerprint density at radius 1 is 1.48 bits per heavy atom. The van der Waals surface area contributed by atoms with Gasteiger partial charge in [0, 0.05) is 33.2 Å². The van der Waals surface area contributed by atoms with Crippen molar-refractivity contribution in [3.05, 3.63) is 48.0 Å². The fourth-order valence-electron chi connectivity index (χ4n) is 2.99. The zero-order valence-corrected chi connectivity index (χ0v) is 14.4. The fourth-order valence-corrected chi connectivity index (χ4v) is 2.99.